The SMILES string of the molecule is Nc1nccc(CCc2ccc3c(c2)-c2ccccc2-3)c1N. The summed E-state index contributed by atoms with van der Waals surface area (Å²) in [5.74, 6) is 0.420. The summed E-state index contributed by atoms with van der Waals surface area (Å²) >= 11 is 0. The maximum Gasteiger partial charge on any atom is 0.146 e. The van der Waals surface area contributed by atoms with Crippen LogP contribution in [-0.4, -0.2) is 4.98 Å². The second kappa shape index (κ2) is 4.88. The van der Waals surface area contributed by atoms with Crippen LogP contribution in [0.1, 0.15) is 11.1 Å². The Morgan fingerprint density at radius 3 is 2.32 bits per heavy atom. The number of rotatable bonds is 3. The lowest BCUT2D eigenvalue weighted by atomic mass is 9.79. The zero-order chi connectivity index (χ0) is 15.1. The molecular formula is C19H17N3. The average molecular weight is 287 g/mol. The lowest BCUT2D eigenvalue weighted by Gasteiger charge is -2.24. The van der Waals surface area contributed by atoms with Crippen LogP contribution in [0.5, 0.6) is 0 Å². The molecule has 22 heavy (non-hydrogen) atoms. The zero-order valence-corrected chi connectivity index (χ0v) is 12.2. The normalized spacial score (nSPS) is 11.5. The first kappa shape index (κ1) is 12.9. The number of aromatic nitrogens is 1. The second-order valence-corrected chi connectivity index (χ2v) is 5.69. The molecule has 0 radical (unpaired) electrons. The minimum Gasteiger partial charge on any atom is -0.396 e. The van der Waals surface area contributed by atoms with Crippen LogP contribution in [0.3, 0.4) is 0 Å². The fourth-order valence-electron chi connectivity index (χ4n) is 3.12. The van der Waals surface area contributed by atoms with Gasteiger partial charge in [0.2, 0.25) is 0 Å². The molecule has 0 fully saturated rings. The Bertz CT molecular complexity index is 868. The Morgan fingerprint density at radius 1 is 0.773 bits per heavy atom. The summed E-state index contributed by atoms with van der Waals surface area (Å²) in [6, 6.07) is 17.2. The third kappa shape index (κ3) is 1.94. The molecule has 3 nitrogen and oxygen atoms in total. The van der Waals surface area contributed by atoms with E-state index < -0.39 is 0 Å². The molecule has 0 atom stereocenters. The minimum absolute atomic E-state index is 0.420. The Kier molecular flexibility index (Phi) is 2.86. The summed E-state index contributed by atoms with van der Waals surface area (Å²) in [6.07, 6.45) is 3.54. The molecule has 3 heteroatoms. The number of nitrogen functional groups attached to an aromatic ring is 2. The number of benzene rings is 2. The van der Waals surface area contributed by atoms with Crippen molar-refractivity contribution in [3.63, 3.8) is 0 Å². The van der Waals surface area contributed by atoms with Crippen molar-refractivity contribution >= 4 is 11.5 Å². The lowest BCUT2D eigenvalue weighted by Crippen LogP contribution is -2.04. The van der Waals surface area contributed by atoms with Crippen LogP contribution >= 0.6 is 0 Å². The van der Waals surface area contributed by atoms with E-state index >= 15 is 0 Å². The van der Waals surface area contributed by atoms with Gasteiger partial charge in [-0.25, -0.2) is 4.98 Å². The van der Waals surface area contributed by atoms with E-state index in [9.17, 15) is 0 Å². The lowest BCUT2D eigenvalue weighted by molar-refractivity contribution is 0.959. The highest BCUT2D eigenvalue weighted by molar-refractivity contribution is 6.02. The van der Waals surface area contributed by atoms with Crippen molar-refractivity contribution in [2.75, 3.05) is 11.5 Å². The largest absolute Gasteiger partial charge is 0.396 e. The minimum atomic E-state index is 0.420. The summed E-state index contributed by atoms with van der Waals surface area (Å²) in [5.41, 5.74) is 20.2. The Morgan fingerprint density at radius 2 is 1.50 bits per heavy atom. The summed E-state index contributed by atoms with van der Waals surface area (Å²) in [4.78, 5) is 4.01. The van der Waals surface area contributed by atoms with E-state index in [0.717, 1.165) is 18.4 Å². The Labute approximate surface area is 129 Å². The molecular weight excluding hydrogens is 270 g/mol. The van der Waals surface area contributed by atoms with E-state index in [1.54, 1.807) is 6.20 Å². The number of nitrogens with two attached hydrogens (primary N) is 2. The number of hydrogen-bond acceptors (Lipinski definition) is 3. The number of pyridine rings is 1. The van der Waals surface area contributed by atoms with Gasteiger partial charge in [0.1, 0.15) is 5.82 Å². The summed E-state index contributed by atoms with van der Waals surface area (Å²) in [7, 11) is 0. The fraction of sp³-hybridized carbons (Fsp3) is 0.105. The maximum absolute atomic E-state index is 5.99. The van der Waals surface area contributed by atoms with E-state index in [-0.39, 0.29) is 0 Å². The first-order valence-electron chi connectivity index (χ1n) is 7.45. The predicted octanol–water partition coefficient (Wildman–Crippen LogP) is 3.68. The predicted molar refractivity (Wildman–Crippen MR) is 91.3 cm³/mol. The first-order valence-corrected chi connectivity index (χ1v) is 7.45. The van der Waals surface area contributed by atoms with Crippen molar-refractivity contribution in [2.45, 2.75) is 12.8 Å². The van der Waals surface area contributed by atoms with Gasteiger partial charge in [0.05, 0.1) is 5.69 Å². The van der Waals surface area contributed by atoms with Crippen molar-refractivity contribution in [1.29, 1.82) is 0 Å². The number of nitrogens with zero attached hydrogens (tertiary/aromatic N) is 1. The summed E-state index contributed by atoms with van der Waals surface area (Å²) in [6.45, 7) is 0. The molecule has 4 N–H and O–H groups in total. The van der Waals surface area contributed by atoms with Crippen molar-refractivity contribution in [3.05, 3.63) is 65.9 Å². The molecule has 0 bridgehead atoms. The van der Waals surface area contributed by atoms with E-state index in [0.29, 0.717) is 11.5 Å². The van der Waals surface area contributed by atoms with E-state index in [1.807, 2.05) is 6.07 Å². The third-order valence-electron chi connectivity index (χ3n) is 4.39. The Hall–Kier alpha value is -2.81. The van der Waals surface area contributed by atoms with Crippen molar-refractivity contribution in [3.8, 4) is 22.3 Å². The van der Waals surface area contributed by atoms with E-state index in [1.165, 1.54) is 27.8 Å². The molecule has 1 aliphatic rings. The van der Waals surface area contributed by atoms with Gasteiger partial charge in [0.15, 0.2) is 0 Å². The van der Waals surface area contributed by atoms with Crippen LogP contribution in [-0.2, 0) is 12.8 Å². The van der Waals surface area contributed by atoms with Gasteiger partial charge in [-0.05, 0) is 52.3 Å². The maximum atomic E-state index is 5.99. The molecule has 0 saturated heterocycles. The van der Waals surface area contributed by atoms with Crippen LogP contribution in [0.25, 0.3) is 22.3 Å². The molecule has 0 saturated carbocycles. The molecule has 108 valence electrons. The van der Waals surface area contributed by atoms with E-state index in [2.05, 4.69) is 47.4 Å². The third-order valence-corrected chi connectivity index (χ3v) is 4.39. The van der Waals surface area contributed by atoms with Gasteiger partial charge in [-0.3, -0.25) is 0 Å². The molecule has 3 aromatic rings. The molecule has 2 aromatic carbocycles. The Balaban J connectivity index is 1.56. The van der Waals surface area contributed by atoms with Crippen LogP contribution in [0.15, 0.2) is 54.7 Å². The smallest absolute Gasteiger partial charge is 0.146 e. The highest BCUT2D eigenvalue weighted by atomic mass is 14.9. The zero-order valence-electron chi connectivity index (χ0n) is 12.2. The van der Waals surface area contributed by atoms with Gasteiger partial charge < -0.3 is 11.5 Å². The van der Waals surface area contributed by atoms with Gasteiger partial charge in [-0.2, -0.15) is 0 Å². The van der Waals surface area contributed by atoms with Crippen LogP contribution in [0.4, 0.5) is 11.5 Å². The molecule has 0 aliphatic heterocycles. The molecule has 0 unspecified atom stereocenters. The molecule has 1 aromatic heterocycles. The van der Waals surface area contributed by atoms with Crippen molar-refractivity contribution < 1.29 is 0 Å². The molecule has 0 spiro atoms. The highest BCUT2D eigenvalue weighted by Gasteiger charge is 2.21. The quantitative estimate of drug-likeness (QED) is 0.604. The van der Waals surface area contributed by atoms with E-state index in [4.69, 9.17) is 11.5 Å². The molecule has 4 rings (SSSR count). The van der Waals surface area contributed by atoms with Gasteiger partial charge in [-0.1, -0.05) is 42.5 Å². The second-order valence-electron chi connectivity index (χ2n) is 5.69. The van der Waals surface area contributed by atoms with Crippen LogP contribution in [0.2, 0.25) is 0 Å². The van der Waals surface area contributed by atoms with Gasteiger partial charge in [0, 0.05) is 6.20 Å². The monoisotopic (exact) mass is 287 g/mol. The molecule has 0 amide bonds. The topological polar surface area (TPSA) is 64.9 Å². The number of hydrogen-bond donors (Lipinski definition) is 2. The number of aryl methyl sites for hydroxylation is 2. The summed E-state index contributed by atoms with van der Waals surface area (Å²) < 4.78 is 0. The number of anilines is 2. The van der Waals surface area contributed by atoms with Crippen molar-refractivity contribution in [2.24, 2.45) is 0 Å². The highest BCUT2D eigenvalue weighted by Crippen LogP contribution is 2.47. The first-order chi connectivity index (χ1) is 10.7. The van der Waals surface area contributed by atoms with Gasteiger partial charge >= 0.3 is 0 Å². The standard InChI is InChI=1S/C19H17N3/c20-18-13(9-10-22-19(18)21)7-5-12-6-8-16-14-3-1-2-4-15(14)17(16)11-12/h1-4,6,8-11H,5,7,20H2,(H2,21,22). The molecule has 1 heterocycles. The van der Waals surface area contributed by atoms with Gasteiger partial charge in [0.25, 0.3) is 0 Å². The van der Waals surface area contributed by atoms with Crippen molar-refractivity contribution in [1.82, 2.24) is 4.98 Å². The molecule has 1 aliphatic carbocycles. The fourth-order valence-corrected chi connectivity index (χ4v) is 3.12. The van der Waals surface area contributed by atoms with Crippen LogP contribution < -0.4 is 11.5 Å². The average Bonchev–Trinajstić information content (AvgIpc) is 2.54. The summed E-state index contributed by atoms with van der Waals surface area (Å²) in [5, 5.41) is 0. The van der Waals surface area contributed by atoms with Gasteiger partial charge in [-0.15, -0.1) is 0 Å². The van der Waals surface area contributed by atoms with Crippen LogP contribution in [0, 0.1) is 0 Å². The number of fused-ring (bicyclic) bond motifs is 4.